The van der Waals surface area contributed by atoms with E-state index in [4.69, 9.17) is 5.73 Å². The van der Waals surface area contributed by atoms with Crippen molar-refractivity contribution in [1.29, 1.82) is 0 Å². The number of hydrogen-bond donors (Lipinski definition) is 2. The number of aromatic nitrogens is 4. The van der Waals surface area contributed by atoms with Gasteiger partial charge in [-0.05, 0) is 33.8 Å². The summed E-state index contributed by atoms with van der Waals surface area (Å²) in [7, 11) is 0. The summed E-state index contributed by atoms with van der Waals surface area (Å²) >= 11 is 0. The minimum Gasteiger partial charge on any atom is -0.369 e. The van der Waals surface area contributed by atoms with Gasteiger partial charge in [-0.15, -0.1) is 0 Å². The molecule has 0 aliphatic carbocycles. The van der Waals surface area contributed by atoms with Crippen LogP contribution >= 0.6 is 0 Å². The molecule has 0 aliphatic rings. The Morgan fingerprint density at radius 3 is 2.67 bits per heavy atom. The highest BCUT2D eigenvalue weighted by Crippen LogP contribution is 2.16. The number of nitrogens with one attached hydrogen (secondary N) is 1. The van der Waals surface area contributed by atoms with Gasteiger partial charge in [-0.1, -0.05) is 0 Å². The Morgan fingerprint density at radius 1 is 1.38 bits per heavy atom. The number of nitrogens with two attached hydrogens (primary N) is 1. The summed E-state index contributed by atoms with van der Waals surface area (Å²) in [5.74, 6) is 0.842. The minimum absolute atomic E-state index is 0.363. The fourth-order valence-electron chi connectivity index (χ4n) is 1.80. The molecule has 0 radical (unpaired) electrons. The molecule has 0 unspecified atom stereocenters. The third-order valence-corrected chi connectivity index (χ3v) is 3.23. The number of anilines is 1. The minimum atomic E-state index is -0.657. The molecule has 3 N–H and O–H groups in total. The summed E-state index contributed by atoms with van der Waals surface area (Å²) in [6.45, 7) is 7.82. The molecule has 0 saturated heterocycles. The van der Waals surface area contributed by atoms with Crippen LogP contribution < -0.4 is 11.1 Å². The first-order valence-corrected chi connectivity index (χ1v) is 6.69. The fourth-order valence-corrected chi connectivity index (χ4v) is 1.80. The predicted octanol–water partition coefficient (Wildman–Crippen LogP) is 1.20. The SMILES string of the molecule is Cc1cc(C)n(-c2cncc(NCC(C)(C)C(N)=O)n2)n1. The van der Waals surface area contributed by atoms with Crippen LogP contribution in [-0.2, 0) is 4.79 Å². The highest BCUT2D eigenvalue weighted by molar-refractivity contribution is 5.80. The third kappa shape index (κ3) is 3.36. The van der Waals surface area contributed by atoms with Gasteiger partial charge < -0.3 is 11.1 Å². The van der Waals surface area contributed by atoms with Crippen LogP contribution in [0.1, 0.15) is 25.2 Å². The average molecular weight is 288 g/mol. The van der Waals surface area contributed by atoms with Crippen LogP contribution in [0, 0.1) is 19.3 Å². The van der Waals surface area contributed by atoms with Crippen molar-refractivity contribution >= 4 is 11.7 Å². The molecule has 0 aromatic carbocycles. The number of nitrogens with zero attached hydrogens (tertiary/aromatic N) is 4. The molecule has 2 rings (SSSR count). The number of amides is 1. The van der Waals surface area contributed by atoms with Crippen LogP contribution in [0.4, 0.5) is 5.82 Å². The zero-order chi connectivity index (χ0) is 15.6. The van der Waals surface area contributed by atoms with E-state index in [1.165, 1.54) is 0 Å². The van der Waals surface area contributed by atoms with Crippen LogP contribution in [0.5, 0.6) is 0 Å². The van der Waals surface area contributed by atoms with Crippen molar-refractivity contribution < 1.29 is 4.79 Å². The van der Waals surface area contributed by atoms with Crippen LogP contribution in [0.3, 0.4) is 0 Å². The molecule has 0 atom stereocenters. The molecule has 7 nitrogen and oxygen atoms in total. The smallest absolute Gasteiger partial charge is 0.224 e. The van der Waals surface area contributed by atoms with Gasteiger partial charge in [0.15, 0.2) is 5.82 Å². The Balaban J connectivity index is 2.19. The topological polar surface area (TPSA) is 98.7 Å². The first kappa shape index (κ1) is 15.0. The van der Waals surface area contributed by atoms with Crippen molar-refractivity contribution in [2.75, 3.05) is 11.9 Å². The molecular formula is C14H20N6O. The third-order valence-electron chi connectivity index (χ3n) is 3.23. The molecule has 7 heteroatoms. The highest BCUT2D eigenvalue weighted by atomic mass is 16.1. The molecule has 0 spiro atoms. The molecule has 0 aliphatic heterocycles. The van der Waals surface area contributed by atoms with Crippen molar-refractivity contribution in [2.45, 2.75) is 27.7 Å². The van der Waals surface area contributed by atoms with Gasteiger partial charge in [0.05, 0.1) is 23.5 Å². The zero-order valence-corrected chi connectivity index (χ0v) is 12.7. The summed E-state index contributed by atoms with van der Waals surface area (Å²) < 4.78 is 1.73. The second-order valence-corrected chi connectivity index (χ2v) is 5.70. The highest BCUT2D eigenvalue weighted by Gasteiger charge is 2.24. The van der Waals surface area contributed by atoms with Gasteiger partial charge >= 0.3 is 0 Å². The lowest BCUT2D eigenvalue weighted by atomic mass is 9.93. The zero-order valence-electron chi connectivity index (χ0n) is 12.7. The Kier molecular flexibility index (Phi) is 3.93. The molecule has 0 fully saturated rings. The summed E-state index contributed by atoms with van der Waals surface area (Å²) in [4.78, 5) is 19.9. The first-order valence-electron chi connectivity index (χ1n) is 6.69. The summed E-state index contributed by atoms with van der Waals surface area (Å²) in [5, 5.41) is 7.46. The number of carbonyl (C=O) groups excluding carboxylic acids is 1. The van der Waals surface area contributed by atoms with Gasteiger partial charge in [-0.2, -0.15) is 5.10 Å². The van der Waals surface area contributed by atoms with Gasteiger partial charge in [-0.25, -0.2) is 9.67 Å². The van der Waals surface area contributed by atoms with Gasteiger partial charge in [-0.3, -0.25) is 9.78 Å². The number of rotatable bonds is 5. The number of aryl methyl sites for hydroxylation is 2. The maximum absolute atomic E-state index is 11.3. The van der Waals surface area contributed by atoms with E-state index in [-0.39, 0.29) is 5.91 Å². The molecular weight excluding hydrogens is 268 g/mol. The van der Waals surface area contributed by atoms with Gasteiger partial charge in [0, 0.05) is 12.2 Å². The fraction of sp³-hybridized carbons (Fsp3) is 0.429. The van der Waals surface area contributed by atoms with Crippen LogP contribution in [0.2, 0.25) is 0 Å². The lowest BCUT2D eigenvalue weighted by Gasteiger charge is -2.21. The van der Waals surface area contributed by atoms with Crippen LogP contribution in [-0.4, -0.2) is 32.2 Å². The van der Waals surface area contributed by atoms with E-state index in [1.807, 2.05) is 19.9 Å². The Bertz CT molecular complexity index is 661. The normalized spacial score (nSPS) is 11.4. The van der Waals surface area contributed by atoms with E-state index in [0.717, 1.165) is 11.4 Å². The quantitative estimate of drug-likeness (QED) is 0.861. The van der Waals surface area contributed by atoms with Gasteiger partial charge in [0.2, 0.25) is 5.91 Å². The average Bonchev–Trinajstić information content (AvgIpc) is 2.76. The van der Waals surface area contributed by atoms with E-state index in [2.05, 4.69) is 20.4 Å². The van der Waals surface area contributed by atoms with Crippen LogP contribution in [0.25, 0.3) is 5.82 Å². The van der Waals surface area contributed by atoms with E-state index in [9.17, 15) is 4.79 Å². The van der Waals surface area contributed by atoms with E-state index in [0.29, 0.717) is 18.2 Å². The summed E-state index contributed by atoms with van der Waals surface area (Å²) in [6, 6.07) is 1.97. The maximum atomic E-state index is 11.3. The van der Waals surface area contributed by atoms with Crippen molar-refractivity contribution in [2.24, 2.45) is 11.1 Å². The lowest BCUT2D eigenvalue weighted by Crippen LogP contribution is -2.37. The maximum Gasteiger partial charge on any atom is 0.224 e. The predicted molar refractivity (Wildman–Crippen MR) is 80.1 cm³/mol. The first-order chi connectivity index (χ1) is 9.79. The second-order valence-electron chi connectivity index (χ2n) is 5.70. The van der Waals surface area contributed by atoms with E-state index >= 15 is 0 Å². The lowest BCUT2D eigenvalue weighted by molar-refractivity contribution is -0.125. The Hall–Kier alpha value is -2.44. The molecule has 0 saturated carbocycles. The molecule has 2 aromatic heterocycles. The number of carbonyl (C=O) groups is 1. The van der Waals surface area contributed by atoms with Crippen molar-refractivity contribution in [3.63, 3.8) is 0 Å². The molecule has 2 aromatic rings. The van der Waals surface area contributed by atoms with E-state index in [1.54, 1.807) is 30.9 Å². The van der Waals surface area contributed by atoms with E-state index < -0.39 is 5.41 Å². The summed E-state index contributed by atoms with van der Waals surface area (Å²) in [6.07, 6.45) is 3.25. The Labute approximate surface area is 123 Å². The molecule has 1 amide bonds. The molecule has 21 heavy (non-hydrogen) atoms. The van der Waals surface area contributed by atoms with Gasteiger partial charge in [0.25, 0.3) is 0 Å². The molecule has 2 heterocycles. The largest absolute Gasteiger partial charge is 0.369 e. The van der Waals surface area contributed by atoms with Gasteiger partial charge in [0.1, 0.15) is 5.82 Å². The van der Waals surface area contributed by atoms with Crippen molar-refractivity contribution in [1.82, 2.24) is 19.7 Å². The standard InChI is InChI=1S/C14H20N6O/c1-9-5-10(2)20(19-9)12-7-16-6-11(18-12)17-8-14(3,4)13(15)21/h5-7H,8H2,1-4H3,(H2,15,21)(H,17,18). The summed E-state index contributed by atoms with van der Waals surface area (Å²) in [5.41, 5.74) is 6.59. The van der Waals surface area contributed by atoms with Crippen molar-refractivity contribution in [3.05, 3.63) is 29.8 Å². The number of hydrogen-bond acceptors (Lipinski definition) is 5. The molecule has 112 valence electrons. The second kappa shape index (κ2) is 5.51. The number of primary amides is 1. The Morgan fingerprint density at radius 2 is 2.10 bits per heavy atom. The molecule has 0 bridgehead atoms. The van der Waals surface area contributed by atoms with Crippen molar-refractivity contribution in [3.8, 4) is 5.82 Å². The van der Waals surface area contributed by atoms with Crippen LogP contribution in [0.15, 0.2) is 18.5 Å². The monoisotopic (exact) mass is 288 g/mol.